The number of aromatic nitrogens is 3. The van der Waals surface area contributed by atoms with Crippen LogP contribution in [0.1, 0.15) is 15.9 Å². The molecule has 0 aliphatic rings. The molecule has 7 heteroatoms. The Morgan fingerprint density at radius 2 is 2.14 bits per heavy atom. The predicted octanol–water partition coefficient (Wildman–Crippen LogP) is 3.32. The molecular weight excluding hydrogens is 291 g/mol. The molecule has 3 aromatic rings. The standard InChI is InChI=1S/C14H11FN4OS/c1-7-2-3-11(16-6-7)18-13(20)9-4-8(15)5-10-12(9)19-14(21)17-10/h2-6H,1H3,(H,16,18,20)(H2,17,19,21). The lowest BCUT2D eigenvalue weighted by Crippen LogP contribution is -2.13. The summed E-state index contributed by atoms with van der Waals surface area (Å²) < 4.78 is 13.9. The number of nitrogens with one attached hydrogen (secondary N) is 3. The topological polar surface area (TPSA) is 73.6 Å². The Kier molecular flexibility index (Phi) is 3.26. The highest BCUT2D eigenvalue weighted by Gasteiger charge is 2.14. The van der Waals surface area contributed by atoms with Gasteiger partial charge < -0.3 is 15.3 Å². The van der Waals surface area contributed by atoms with Crippen molar-refractivity contribution in [3.8, 4) is 0 Å². The largest absolute Gasteiger partial charge is 0.331 e. The van der Waals surface area contributed by atoms with Crippen molar-refractivity contribution in [2.45, 2.75) is 6.92 Å². The number of amides is 1. The SMILES string of the molecule is Cc1ccc(NC(=O)c2cc(F)cc3[nH]c(=S)[nH]c23)nc1. The van der Waals surface area contributed by atoms with Crippen LogP contribution in [-0.2, 0) is 0 Å². The zero-order chi connectivity index (χ0) is 15.0. The van der Waals surface area contributed by atoms with E-state index in [0.29, 0.717) is 21.6 Å². The van der Waals surface area contributed by atoms with Crippen LogP contribution in [0.3, 0.4) is 0 Å². The second-order valence-corrected chi connectivity index (χ2v) is 5.04. The van der Waals surface area contributed by atoms with Gasteiger partial charge in [-0.2, -0.15) is 0 Å². The highest BCUT2D eigenvalue weighted by molar-refractivity contribution is 7.71. The summed E-state index contributed by atoms with van der Waals surface area (Å²) in [7, 11) is 0. The molecule has 2 heterocycles. The molecule has 106 valence electrons. The van der Waals surface area contributed by atoms with Crippen LogP contribution in [0.5, 0.6) is 0 Å². The van der Waals surface area contributed by atoms with Gasteiger partial charge in [-0.15, -0.1) is 0 Å². The Morgan fingerprint density at radius 1 is 1.33 bits per heavy atom. The average molecular weight is 302 g/mol. The van der Waals surface area contributed by atoms with Gasteiger partial charge in [-0.3, -0.25) is 4.79 Å². The molecule has 5 nitrogen and oxygen atoms in total. The molecule has 0 unspecified atom stereocenters. The summed E-state index contributed by atoms with van der Waals surface area (Å²) in [6.45, 7) is 1.90. The lowest BCUT2D eigenvalue weighted by Gasteiger charge is -2.06. The molecule has 0 saturated carbocycles. The number of pyridine rings is 1. The van der Waals surface area contributed by atoms with Gasteiger partial charge >= 0.3 is 0 Å². The van der Waals surface area contributed by atoms with Crippen LogP contribution < -0.4 is 5.32 Å². The molecule has 0 aliphatic heterocycles. The maximum absolute atomic E-state index is 13.6. The zero-order valence-corrected chi connectivity index (χ0v) is 11.8. The summed E-state index contributed by atoms with van der Waals surface area (Å²) in [4.78, 5) is 22.0. The number of anilines is 1. The molecule has 0 saturated heterocycles. The maximum atomic E-state index is 13.6. The normalized spacial score (nSPS) is 10.8. The van der Waals surface area contributed by atoms with E-state index in [1.54, 1.807) is 12.3 Å². The summed E-state index contributed by atoms with van der Waals surface area (Å²) in [5, 5.41) is 2.63. The first kappa shape index (κ1) is 13.4. The van der Waals surface area contributed by atoms with E-state index in [4.69, 9.17) is 12.2 Å². The van der Waals surface area contributed by atoms with Gasteiger partial charge in [0.2, 0.25) is 0 Å². The van der Waals surface area contributed by atoms with Crippen molar-refractivity contribution in [3.63, 3.8) is 0 Å². The van der Waals surface area contributed by atoms with Crippen LogP contribution in [-0.4, -0.2) is 20.9 Å². The molecule has 0 bridgehead atoms. The Morgan fingerprint density at radius 3 is 2.86 bits per heavy atom. The fraction of sp³-hybridized carbons (Fsp3) is 0.0714. The number of carbonyl (C=O) groups excluding carboxylic acids is 1. The van der Waals surface area contributed by atoms with Crippen LogP contribution >= 0.6 is 12.2 Å². The Balaban J connectivity index is 2.01. The van der Waals surface area contributed by atoms with E-state index in [2.05, 4.69) is 20.3 Å². The number of nitrogens with zero attached hydrogens (tertiary/aromatic N) is 1. The number of hydrogen-bond donors (Lipinski definition) is 3. The zero-order valence-electron chi connectivity index (χ0n) is 11.0. The summed E-state index contributed by atoms with van der Waals surface area (Å²) in [6, 6.07) is 5.95. The second kappa shape index (κ2) is 5.10. The van der Waals surface area contributed by atoms with Crippen molar-refractivity contribution < 1.29 is 9.18 Å². The van der Waals surface area contributed by atoms with Gasteiger partial charge in [0.05, 0.1) is 16.6 Å². The highest BCUT2D eigenvalue weighted by atomic mass is 32.1. The van der Waals surface area contributed by atoms with Crippen LogP contribution in [0, 0.1) is 17.5 Å². The fourth-order valence-corrected chi connectivity index (χ4v) is 2.22. The average Bonchev–Trinajstić information content (AvgIpc) is 2.80. The minimum Gasteiger partial charge on any atom is -0.331 e. The van der Waals surface area contributed by atoms with Crippen LogP contribution in [0.4, 0.5) is 10.2 Å². The molecule has 21 heavy (non-hydrogen) atoms. The molecule has 3 N–H and O–H groups in total. The number of aryl methyl sites for hydroxylation is 1. The number of carbonyl (C=O) groups is 1. The van der Waals surface area contributed by atoms with Gasteiger partial charge in [0.25, 0.3) is 5.91 Å². The van der Waals surface area contributed by atoms with Crippen molar-refractivity contribution >= 4 is 35.0 Å². The number of rotatable bonds is 2. The second-order valence-electron chi connectivity index (χ2n) is 4.63. The molecule has 3 rings (SSSR count). The highest BCUT2D eigenvalue weighted by Crippen LogP contribution is 2.19. The Bertz CT molecular complexity index is 882. The predicted molar refractivity (Wildman–Crippen MR) is 80.4 cm³/mol. The Hall–Kier alpha value is -2.54. The van der Waals surface area contributed by atoms with E-state index < -0.39 is 11.7 Å². The van der Waals surface area contributed by atoms with E-state index in [1.165, 1.54) is 6.07 Å². The number of imidazole rings is 1. The van der Waals surface area contributed by atoms with Gasteiger partial charge in [-0.25, -0.2) is 9.37 Å². The van der Waals surface area contributed by atoms with Crippen molar-refractivity contribution in [1.82, 2.24) is 15.0 Å². The molecule has 0 fully saturated rings. The summed E-state index contributed by atoms with van der Waals surface area (Å²) in [6.07, 6.45) is 1.64. The lowest BCUT2D eigenvalue weighted by atomic mass is 10.1. The van der Waals surface area contributed by atoms with Gasteiger partial charge in [0.15, 0.2) is 4.77 Å². The molecule has 0 spiro atoms. The first-order chi connectivity index (χ1) is 10.0. The third kappa shape index (κ3) is 2.68. The monoisotopic (exact) mass is 302 g/mol. The van der Waals surface area contributed by atoms with Gasteiger partial charge in [-0.1, -0.05) is 6.07 Å². The van der Waals surface area contributed by atoms with Crippen molar-refractivity contribution in [1.29, 1.82) is 0 Å². The minimum absolute atomic E-state index is 0.166. The van der Waals surface area contributed by atoms with Crippen molar-refractivity contribution in [2.24, 2.45) is 0 Å². The van der Waals surface area contributed by atoms with Crippen LogP contribution in [0.25, 0.3) is 11.0 Å². The third-order valence-electron chi connectivity index (χ3n) is 2.99. The number of aromatic amines is 2. The van der Waals surface area contributed by atoms with Crippen LogP contribution in [0.15, 0.2) is 30.5 Å². The van der Waals surface area contributed by atoms with E-state index in [-0.39, 0.29) is 5.56 Å². The van der Waals surface area contributed by atoms with E-state index in [1.807, 2.05) is 13.0 Å². The number of halogens is 1. The van der Waals surface area contributed by atoms with E-state index in [0.717, 1.165) is 11.6 Å². The first-order valence-electron chi connectivity index (χ1n) is 6.18. The number of fused-ring (bicyclic) bond motifs is 1. The Labute approximate surface area is 124 Å². The van der Waals surface area contributed by atoms with Gasteiger partial charge in [-0.05, 0) is 42.9 Å². The minimum atomic E-state index is -0.519. The van der Waals surface area contributed by atoms with Gasteiger partial charge in [0, 0.05) is 6.20 Å². The molecular formula is C14H11FN4OS. The third-order valence-corrected chi connectivity index (χ3v) is 3.19. The van der Waals surface area contributed by atoms with Crippen molar-refractivity contribution in [2.75, 3.05) is 5.32 Å². The fourth-order valence-electron chi connectivity index (χ4n) is 2.01. The lowest BCUT2D eigenvalue weighted by molar-refractivity contribution is 0.102. The number of H-pyrrole nitrogens is 2. The summed E-state index contributed by atoms with van der Waals surface area (Å²) in [5.74, 6) is -0.576. The summed E-state index contributed by atoms with van der Waals surface area (Å²) in [5.41, 5.74) is 2.06. The molecule has 2 aromatic heterocycles. The van der Waals surface area contributed by atoms with Crippen LogP contribution in [0.2, 0.25) is 0 Å². The summed E-state index contributed by atoms with van der Waals surface area (Å²) >= 11 is 4.97. The van der Waals surface area contributed by atoms with Crippen molar-refractivity contribution in [3.05, 3.63) is 52.2 Å². The molecule has 0 radical (unpaired) electrons. The smallest absolute Gasteiger partial charge is 0.259 e. The molecule has 0 atom stereocenters. The molecule has 1 amide bonds. The van der Waals surface area contributed by atoms with E-state index in [9.17, 15) is 9.18 Å². The quantitative estimate of drug-likeness (QED) is 0.636. The number of hydrogen-bond acceptors (Lipinski definition) is 3. The first-order valence-corrected chi connectivity index (χ1v) is 6.59. The molecule has 0 aliphatic carbocycles. The van der Waals surface area contributed by atoms with E-state index >= 15 is 0 Å². The van der Waals surface area contributed by atoms with Gasteiger partial charge in [0.1, 0.15) is 11.6 Å². The molecule has 1 aromatic carbocycles. The maximum Gasteiger partial charge on any atom is 0.259 e. The number of benzene rings is 1.